The fourth-order valence-electron chi connectivity index (χ4n) is 3.31. The molecule has 3 rings (SSSR count). The number of allylic oxidation sites excluding steroid dienone is 2. The molecule has 0 spiro atoms. The summed E-state index contributed by atoms with van der Waals surface area (Å²) in [6.45, 7) is 1.64. The van der Waals surface area contributed by atoms with E-state index >= 15 is 0 Å². The van der Waals surface area contributed by atoms with Crippen molar-refractivity contribution in [3.05, 3.63) is 74.8 Å². The molecule has 0 aromatic heterocycles. The first-order valence-corrected chi connectivity index (χ1v) is 12.0. The van der Waals surface area contributed by atoms with E-state index in [0.717, 1.165) is 23.6 Å². The lowest BCUT2D eigenvalue weighted by Crippen LogP contribution is -2.52. The topological polar surface area (TPSA) is 46.2 Å². The number of nitrogens with one attached hydrogen (secondary N) is 1. The summed E-state index contributed by atoms with van der Waals surface area (Å²) in [5, 5.41) is 2.99. The zero-order valence-corrected chi connectivity index (χ0v) is 19.0. The van der Waals surface area contributed by atoms with Gasteiger partial charge in [-0.3, -0.25) is 9.59 Å². The molecule has 0 radical (unpaired) electrons. The van der Waals surface area contributed by atoms with Crippen LogP contribution in [0, 0.1) is 6.92 Å². The van der Waals surface area contributed by atoms with Crippen LogP contribution in [0.4, 0.5) is 13.2 Å². The average molecular weight is 489 g/mol. The highest BCUT2D eigenvalue weighted by atomic mass is 35.5. The Bertz CT molecular complexity index is 1040. The number of ketones is 1. The van der Waals surface area contributed by atoms with Crippen LogP contribution < -0.4 is 5.32 Å². The third-order valence-electron chi connectivity index (χ3n) is 4.82. The molecule has 0 bridgehead atoms. The van der Waals surface area contributed by atoms with Crippen LogP contribution in [0.2, 0.25) is 10.0 Å². The Morgan fingerprint density at radius 2 is 1.68 bits per heavy atom. The Morgan fingerprint density at radius 3 is 2.19 bits per heavy atom. The first kappa shape index (κ1) is 23.7. The monoisotopic (exact) mass is 488 g/mol. The molecule has 1 aliphatic heterocycles. The molecular weight excluding hydrogens is 470 g/mol. The standard InChI is InChI=1S/C22H18Cl2F3NO2S/c1-12-5-13(3-4-18(12)21(30)28-17-10-31(2)11-17)20(29)9-19(22(25,26)27)14-6-15(23)8-16(24)7-14/h3-9,17H,10-11H2,1-2H3/p+1/b19-9+. The van der Waals surface area contributed by atoms with E-state index in [2.05, 4.69) is 11.6 Å². The third kappa shape index (κ3) is 5.84. The summed E-state index contributed by atoms with van der Waals surface area (Å²) < 4.78 is 40.9. The highest BCUT2D eigenvalue weighted by Gasteiger charge is 2.37. The summed E-state index contributed by atoms with van der Waals surface area (Å²) >= 11 is 11.6. The summed E-state index contributed by atoms with van der Waals surface area (Å²) in [4.78, 5) is 25.0. The van der Waals surface area contributed by atoms with Crippen molar-refractivity contribution in [3.63, 3.8) is 0 Å². The van der Waals surface area contributed by atoms with Gasteiger partial charge in [-0.25, -0.2) is 0 Å². The molecule has 2 aromatic carbocycles. The van der Waals surface area contributed by atoms with Crippen LogP contribution in [0.15, 0.2) is 42.5 Å². The van der Waals surface area contributed by atoms with Gasteiger partial charge in [0, 0.05) is 21.2 Å². The molecular formula is C22H19Cl2F3NO2S+. The number of benzene rings is 2. The van der Waals surface area contributed by atoms with Crippen LogP contribution in [0.1, 0.15) is 31.8 Å². The Morgan fingerprint density at radius 1 is 1.06 bits per heavy atom. The number of aryl methyl sites for hydroxylation is 1. The van der Waals surface area contributed by atoms with Gasteiger partial charge in [-0.15, -0.1) is 0 Å². The molecule has 0 saturated carbocycles. The van der Waals surface area contributed by atoms with Gasteiger partial charge in [-0.2, -0.15) is 13.2 Å². The molecule has 164 valence electrons. The second kappa shape index (κ2) is 9.27. The van der Waals surface area contributed by atoms with Gasteiger partial charge in [0.15, 0.2) is 5.78 Å². The average Bonchev–Trinajstić information content (AvgIpc) is 2.62. The minimum absolute atomic E-state index is 0.0256. The summed E-state index contributed by atoms with van der Waals surface area (Å²) in [7, 11) is 0.333. The Hall–Kier alpha value is -1.96. The molecule has 1 amide bonds. The molecule has 1 heterocycles. The first-order valence-electron chi connectivity index (χ1n) is 9.24. The number of carbonyl (C=O) groups excluding carboxylic acids is 2. The van der Waals surface area contributed by atoms with Crippen LogP contribution in [0.5, 0.6) is 0 Å². The number of amides is 1. The van der Waals surface area contributed by atoms with Gasteiger partial charge in [-0.1, -0.05) is 29.3 Å². The van der Waals surface area contributed by atoms with Crippen LogP contribution in [0.3, 0.4) is 0 Å². The summed E-state index contributed by atoms with van der Waals surface area (Å²) in [6.07, 6.45) is -2.14. The zero-order chi connectivity index (χ0) is 22.9. The van der Waals surface area contributed by atoms with Crippen LogP contribution >= 0.6 is 23.2 Å². The van der Waals surface area contributed by atoms with Gasteiger partial charge in [0.2, 0.25) is 0 Å². The molecule has 0 atom stereocenters. The fourth-order valence-corrected chi connectivity index (χ4v) is 5.28. The summed E-state index contributed by atoms with van der Waals surface area (Å²) in [6, 6.07) is 7.87. The van der Waals surface area contributed by atoms with E-state index in [4.69, 9.17) is 23.2 Å². The van der Waals surface area contributed by atoms with Gasteiger partial charge in [0.05, 0.1) is 11.8 Å². The van der Waals surface area contributed by atoms with Crippen molar-refractivity contribution in [1.29, 1.82) is 0 Å². The van der Waals surface area contributed by atoms with Gasteiger partial charge >= 0.3 is 6.18 Å². The second-order valence-corrected chi connectivity index (χ2v) is 10.5. The Labute approximate surface area is 191 Å². The molecule has 3 nitrogen and oxygen atoms in total. The third-order valence-corrected chi connectivity index (χ3v) is 7.20. The lowest BCUT2D eigenvalue weighted by molar-refractivity contribution is -0.0689. The van der Waals surface area contributed by atoms with Crippen LogP contribution in [-0.2, 0) is 10.9 Å². The fraction of sp³-hybridized carbons (Fsp3) is 0.273. The Kier molecular flexibility index (Phi) is 7.08. The molecule has 31 heavy (non-hydrogen) atoms. The van der Waals surface area contributed by atoms with Crippen molar-refractivity contribution in [2.75, 3.05) is 17.8 Å². The number of hydrogen-bond donors (Lipinski definition) is 1. The summed E-state index contributed by atoms with van der Waals surface area (Å²) in [5.41, 5.74) is -0.516. The number of carbonyl (C=O) groups is 2. The number of rotatable bonds is 5. The van der Waals surface area contributed by atoms with E-state index in [0.29, 0.717) is 28.1 Å². The van der Waals surface area contributed by atoms with Gasteiger partial charge < -0.3 is 5.32 Å². The van der Waals surface area contributed by atoms with E-state index in [9.17, 15) is 22.8 Å². The number of alkyl halides is 3. The SMILES string of the molecule is Cc1cc(C(=O)/C=C(\c2cc(Cl)cc(Cl)c2)C(F)(F)F)ccc1C(=O)NC1C[S+](C)C1. The van der Waals surface area contributed by atoms with Crippen molar-refractivity contribution in [2.45, 2.75) is 19.1 Å². The lowest BCUT2D eigenvalue weighted by Gasteiger charge is -2.25. The number of halogens is 5. The van der Waals surface area contributed by atoms with Gasteiger partial charge in [-0.05, 0) is 65.4 Å². The maximum absolute atomic E-state index is 13.6. The van der Waals surface area contributed by atoms with Crippen LogP contribution in [-0.4, -0.2) is 41.7 Å². The lowest BCUT2D eigenvalue weighted by atomic mass is 9.98. The quantitative estimate of drug-likeness (QED) is 0.343. The smallest absolute Gasteiger partial charge is 0.340 e. The van der Waals surface area contributed by atoms with Crippen molar-refractivity contribution in [1.82, 2.24) is 5.32 Å². The highest BCUT2D eigenvalue weighted by Crippen LogP contribution is 2.36. The van der Waals surface area contributed by atoms with Crippen molar-refractivity contribution < 1.29 is 22.8 Å². The predicted molar refractivity (Wildman–Crippen MR) is 120 cm³/mol. The van der Waals surface area contributed by atoms with Gasteiger partial charge in [0.25, 0.3) is 5.91 Å². The minimum Gasteiger partial charge on any atom is -0.340 e. The molecule has 1 fully saturated rings. The van der Waals surface area contributed by atoms with Crippen LogP contribution in [0.25, 0.3) is 5.57 Å². The first-order chi connectivity index (χ1) is 14.4. The van der Waals surface area contributed by atoms with Crippen molar-refractivity contribution in [3.8, 4) is 0 Å². The van der Waals surface area contributed by atoms with E-state index in [1.54, 1.807) is 6.92 Å². The molecule has 0 unspecified atom stereocenters. The molecule has 1 aliphatic rings. The molecule has 0 aliphatic carbocycles. The normalized spacial score (nSPS) is 19.0. The maximum atomic E-state index is 13.6. The van der Waals surface area contributed by atoms with E-state index in [-0.39, 0.29) is 33.1 Å². The summed E-state index contributed by atoms with van der Waals surface area (Å²) in [5.74, 6) is 0.797. The molecule has 1 N–H and O–H groups in total. The largest absolute Gasteiger partial charge is 0.417 e. The van der Waals surface area contributed by atoms with E-state index in [1.807, 2.05) is 0 Å². The maximum Gasteiger partial charge on any atom is 0.417 e. The van der Waals surface area contributed by atoms with Crippen molar-refractivity contribution >= 4 is 51.4 Å². The van der Waals surface area contributed by atoms with E-state index < -0.39 is 17.5 Å². The highest BCUT2D eigenvalue weighted by molar-refractivity contribution is 7.97. The minimum atomic E-state index is -4.79. The zero-order valence-electron chi connectivity index (χ0n) is 16.6. The number of hydrogen-bond acceptors (Lipinski definition) is 2. The predicted octanol–water partition coefficient (Wildman–Crippen LogP) is 5.49. The van der Waals surface area contributed by atoms with E-state index in [1.165, 1.54) is 24.3 Å². The second-order valence-electron chi connectivity index (χ2n) is 7.39. The van der Waals surface area contributed by atoms with Crippen molar-refractivity contribution in [2.24, 2.45) is 0 Å². The molecule has 2 aromatic rings. The Balaban J connectivity index is 1.87. The molecule has 1 saturated heterocycles. The molecule has 9 heteroatoms. The van der Waals surface area contributed by atoms with Gasteiger partial charge in [0.1, 0.15) is 17.5 Å².